The van der Waals surface area contributed by atoms with Crippen LogP contribution in [0.4, 0.5) is 0 Å². The van der Waals surface area contributed by atoms with E-state index >= 15 is 0 Å². The van der Waals surface area contributed by atoms with Crippen molar-refractivity contribution < 1.29 is 22.3 Å². The summed E-state index contributed by atoms with van der Waals surface area (Å²) < 4.78 is 34.1. The lowest BCUT2D eigenvalue weighted by Crippen LogP contribution is -2.26. The molecule has 1 aromatic heterocycles. The van der Waals surface area contributed by atoms with Crippen molar-refractivity contribution in [2.45, 2.75) is 18.7 Å². The van der Waals surface area contributed by atoms with Crippen molar-refractivity contribution in [1.82, 2.24) is 9.80 Å². The fourth-order valence-corrected chi connectivity index (χ4v) is 6.96. The molecule has 1 aromatic carbocycles. The SMILES string of the molecule is CCN1C(=O)C(=S2C=CN(C)C2)SC1=Cc1cc[n+](C)cc1.Cc1ccc(S(=O)(=O)[O-])cc1. The van der Waals surface area contributed by atoms with Gasteiger partial charge in [-0.05, 0) is 43.0 Å². The van der Waals surface area contributed by atoms with Gasteiger partial charge in [0.1, 0.15) is 21.4 Å². The lowest BCUT2D eigenvalue weighted by Gasteiger charge is -2.13. The molecule has 10 heteroatoms. The van der Waals surface area contributed by atoms with Gasteiger partial charge in [0, 0.05) is 31.9 Å². The normalized spacial score (nSPS) is 20.4. The summed E-state index contributed by atoms with van der Waals surface area (Å²) in [5, 5.41) is 3.19. The zero-order valence-corrected chi connectivity index (χ0v) is 21.4. The van der Waals surface area contributed by atoms with Gasteiger partial charge in [0.2, 0.25) is 0 Å². The number of nitrogens with zero attached hydrogens (tertiary/aromatic N) is 3. The van der Waals surface area contributed by atoms with E-state index in [9.17, 15) is 17.8 Å². The molecule has 0 bridgehead atoms. The summed E-state index contributed by atoms with van der Waals surface area (Å²) in [6.07, 6.45) is 8.21. The monoisotopic (exact) mass is 505 g/mol. The number of pyridine rings is 1. The van der Waals surface area contributed by atoms with E-state index in [0.717, 1.165) is 26.2 Å². The first-order chi connectivity index (χ1) is 15.6. The smallest absolute Gasteiger partial charge is 0.271 e. The molecule has 0 N–H and O–H groups in total. The predicted octanol–water partition coefficient (Wildman–Crippen LogP) is 3.08. The Hall–Kier alpha value is -2.40. The van der Waals surface area contributed by atoms with Gasteiger partial charge in [-0.2, -0.15) is 0 Å². The number of hydrogen-bond acceptors (Lipinski definition) is 6. The minimum atomic E-state index is -4.27. The molecule has 1 amide bonds. The molecular weight excluding hydrogens is 478 g/mol. The van der Waals surface area contributed by atoms with Gasteiger partial charge in [-0.15, -0.1) is 10.5 Å². The number of thioether (sulfide) groups is 1. The van der Waals surface area contributed by atoms with Crippen molar-refractivity contribution in [3.8, 4) is 0 Å². The average Bonchev–Trinajstić information content (AvgIpc) is 3.32. The summed E-state index contributed by atoms with van der Waals surface area (Å²) in [6, 6.07) is 9.91. The number of aryl methyl sites for hydroxylation is 2. The van der Waals surface area contributed by atoms with Crippen molar-refractivity contribution in [3.05, 3.63) is 76.6 Å². The predicted molar refractivity (Wildman–Crippen MR) is 134 cm³/mol. The standard InChI is InChI=1S/C16H20N3OS2.C7H8O3S/c1-4-19-14(11-13-5-7-17(2)8-6-13)21-16(15(19)20)22-10-9-18(3)12-22;1-6-2-4-7(5-3-6)11(8,9)10/h5-11H,4,12H2,1-3H3;2-5H,1H3,(H,8,9,10)/q+1;/p-1. The van der Waals surface area contributed by atoms with E-state index in [1.807, 2.05) is 49.8 Å². The Bertz CT molecular complexity index is 1220. The largest absolute Gasteiger partial charge is 0.744 e. The van der Waals surface area contributed by atoms with Crippen molar-refractivity contribution in [2.75, 3.05) is 19.5 Å². The Morgan fingerprint density at radius 1 is 1.18 bits per heavy atom. The van der Waals surface area contributed by atoms with Crippen LogP contribution in [-0.2, 0) is 22.0 Å². The van der Waals surface area contributed by atoms with Crippen LogP contribution >= 0.6 is 22.2 Å². The quantitative estimate of drug-likeness (QED) is 0.362. The summed E-state index contributed by atoms with van der Waals surface area (Å²) in [5.74, 6) is 1.09. The molecule has 1 fully saturated rings. The second-order valence-corrected chi connectivity index (χ2v) is 12.1. The van der Waals surface area contributed by atoms with Gasteiger partial charge in [-0.25, -0.2) is 13.0 Å². The fourth-order valence-electron chi connectivity index (χ4n) is 3.04. The van der Waals surface area contributed by atoms with Crippen molar-refractivity contribution in [3.63, 3.8) is 0 Å². The van der Waals surface area contributed by atoms with E-state index in [-0.39, 0.29) is 21.3 Å². The molecule has 7 nitrogen and oxygen atoms in total. The molecule has 3 heterocycles. The first-order valence-electron chi connectivity index (χ1n) is 10.2. The summed E-state index contributed by atoms with van der Waals surface area (Å²) >= 11 is 1.63. The second kappa shape index (κ2) is 10.7. The maximum atomic E-state index is 12.7. The van der Waals surface area contributed by atoms with Crippen LogP contribution in [0, 0.1) is 6.92 Å². The highest BCUT2D eigenvalue weighted by atomic mass is 32.2. The lowest BCUT2D eigenvalue weighted by atomic mass is 10.2. The van der Waals surface area contributed by atoms with Gasteiger partial charge < -0.3 is 14.4 Å². The Labute approximate surface area is 202 Å². The third-order valence-corrected chi connectivity index (χ3v) is 9.30. The molecule has 0 saturated carbocycles. The van der Waals surface area contributed by atoms with Crippen LogP contribution in [-0.4, -0.2) is 52.3 Å². The van der Waals surface area contributed by atoms with Gasteiger partial charge in [-0.3, -0.25) is 4.79 Å². The summed E-state index contributed by atoms with van der Waals surface area (Å²) in [4.78, 5) is 16.5. The highest BCUT2D eigenvalue weighted by molar-refractivity contribution is 8.38. The first-order valence-corrected chi connectivity index (χ1v) is 13.9. The molecule has 2 aliphatic rings. The first kappa shape index (κ1) is 25.2. The third kappa shape index (κ3) is 6.57. The Balaban J connectivity index is 0.000000235. The second-order valence-electron chi connectivity index (χ2n) is 7.59. The summed E-state index contributed by atoms with van der Waals surface area (Å²) in [5.41, 5.74) is 2.05. The number of carbonyl (C=O) groups excluding carboxylic acids is 1. The van der Waals surface area contributed by atoms with Crippen molar-refractivity contribution >= 4 is 48.5 Å². The van der Waals surface area contributed by atoms with Crippen LogP contribution in [0.1, 0.15) is 18.1 Å². The van der Waals surface area contributed by atoms with Crippen molar-refractivity contribution in [2.24, 2.45) is 7.05 Å². The highest BCUT2D eigenvalue weighted by Gasteiger charge is 2.33. The van der Waals surface area contributed by atoms with E-state index in [2.05, 4.69) is 34.7 Å². The number of benzene rings is 1. The number of aromatic nitrogens is 1. The topological polar surface area (TPSA) is 84.6 Å². The Morgan fingerprint density at radius 2 is 1.82 bits per heavy atom. The Morgan fingerprint density at radius 3 is 2.33 bits per heavy atom. The van der Waals surface area contributed by atoms with Crippen LogP contribution in [0.2, 0.25) is 0 Å². The molecule has 176 valence electrons. The molecule has 2 aromatic rings. The van der Waals surface area contributed by atoms with E-state index in [1.165, 1.54) is 12.1 Å². The van der Waals surface area contributed by atoms with Crippen LogP contribution in [0.3, 0.4) is 0 Å². The average molecular weight is 506 g/mol. The molecule has 4 rings (SSSR count). The van der Waals surface area contributed by atoms with Gasteiger partial charge in [0.05, 0.1) is 15.8 Å². The van der Waals surface area contributed by atoms with Gasteiger partial charge >= 0.3 is 0 Å². The molecular formula is C23H27N3O4S3. The Kier molecular flexibility index (Phi) is 8.17. The van der Waals surface area contributed by atoms with E-state index in [4.69, 9.17) is 0 Å². The van der Waals surface area contributed by atoms with Crippen LogP contribution < -0.4 is 4.57 Å². The van der Waals surface area contributed by atoms with Crippen LogP contribution in [0.5, 0.6) is 0 Å². The maximum absolute atomic E-state index is 12.7. The zero-order valence-electron chi connectivity index (χ0n) is 19.0. The molecule has 1 unspecified atom stereocenters. The number of hydrogen-bond donors (Lipinski definition) is 0. The van der Waals surface area contributed by atoms with Gasteiger partial charge in [0.25, 0.3) is 5.91 Å². The number of amides is 1. The van der Waals surface area contributed by atoms with E-state index < -0.39 is 10.1 Å². The molecule has 1 atom stereocenters. The molecule has 2 aliphatic heterocycles. The minimum Gasteiger partial charge on any atom is -0.744 e. The maximum Gasteiger partial charge on any atom is 0.271 e. The van der Waals surface area contributed by atoms with Gasteiger partial charge in [0.15, 0.2) is 12.4 Å². The van der Waals surface area contributed by atoms with Crippen LogP contribution in [0.25, 0.3) is 6.08 Å². The highest BCUT2D eigenvalue weighted by Crippen LogP contribution is 2.40. The molecule has 0 aliphatic carbocycles. The van der Waals surface area contributed by atoms with E-state index in [1.54, 1.807) is 23.9 Å². The number of carbonyl (C=O) groups is 1. The minimum absolute atomic E-state index is 0.0786. The summed E-state index contributed by atoms with van der Waals surface area (Å²) in [7, 11) is -0.301. The summed E-state index contributed by atoms with van der Waals surface area (Å²) in [6.45, 7) is 4.56. The zero-order chi connectivity index (χ0) is 24.2. The molecule has 33 heavy (non-hydrogen) atoms. The number of rotatable bonds is 3. The molecule has 0 radical (unpaired) electrons. The fraction of sp³-hybridized carbons (Fsp3) is 0.261. The van der Waals surface area contributed by atoms with Crippen molar-refractivity contribution in [1.29, 1.82) is 0 Å². The third-order valence-electron chi connectivity index (χ3n) is 4.86. The lowest BCUT2D eigenvalue weighted by molar-refractivity contribution is -0.671. The molecule has 0 spiro atoms. The van der Waals surface area contributed by atoms with Gasteiger partial charge in [-0.1, -0.05) is 29.5 Å². The van der Waals surface area contributed by atoms with Crippen LogP contribution in [0.15, 0.2) is 70.3 Å². The molecule has 1 saturated heterocycles. The van der Waals surface area contributed by atoms with E-state index in [0.29, 0.717) is 6.54 Å².